The summed E-state index contributed by atoms with van der Waals surface area (Å²) < 4.78 is 27.0. The molecule has 3 amide bonds. The van der Waals surface area contributed by atoms with E-state index < -0.39 is 29.4 Å². The van der Waals surface area contributed by atoms with Gasteiger partial charge in [0.15, 0.2) is 0 Å². The van der Waals surface area contributed by atoms with Crippen molar-refractivity contribution in [3.63, 3.8) is 0 Å². The lowest BCUT2D eigenvalue weighted by Gasteiger charge is -2.17. The number of benzene rings is 2. The summed E-state index contributed by atoms with van der Waals surface area (Å²) in [7, 11) is 0. The molecule has 1 aliphatic rings. The Hall–Kier alpha value is -3.29. The Bertz CT molecular complexity index is 1000. The lowest BCUT2D eigenvalue weighted by molar-refractivity contribution is -0.129. The van der Waals surface area contributed by atoms with Gasteiger partial charge in [0.2, 0.25) is 11.8 Å². The number of aryl methyl sites for hydroxylation is 1. The van der Waals surface area contributed by atoms with Crippen molar-refractivity contribution >= 4 is 29.1 Å². The fraction of sp³-hybridized carbons (Fsp3) is 0.348. The van der Waals surface area contributed by atoms with E-state index in [1.807, 2.05) is 13.8 Å². The molecule has 0 spiro atoms. The second kappa shape index (κ2) is 9.24. The molecule has 1 saturated heterocycles. The zero-order valence-electron chi connectivity index (χ0n) is 17.7. The Morgan fingerprint density at radius 2 is 1.81 bits per heavy atom. The topological polar surface area (TPSA) is 78.5 Å². The molecule has 1 aliphatic heterocycles. The molecule has 1 atom stereocenters. The van der Waals surface area contributed by atoms with Gasteiger partial charge in [0, 0.05) is 36.1 Å². The number of nitrogens with one attached hydrogen (secondary N) is 2. The molecule has 1 unspecified atom stereocenters. The Morgan fingerprint density at radius 1 is 1.13 bits per heavy atom. The van der Waals surface area contributed by atoms with Crippen LogP contribution in [-0.4, -0.2) is 30.8 Å². The van der Waals surface area contributed by atoms with Gasteiger partial charge in [-0.15, -0.1) is 0 Å². The lowest BCUT2D eigenvalue weighted by Crippen LogP contribution is -2.33. The van der Waals surface area contributed by atoms with Gasteiger partial charge in [0.1, 0.15) is 17.6 Å². The number of halogens is 2. The van der Waals surface area contributed by atoms with Crippen molar-refractivity contribution in [2.45, 2.75) is 27.2 Å². The first kappa shape index (κ1) is 22.4. The predicted molar refractivity (Wildman–Crippen MR) is 114 cm³/mol. The summed E-state index contributed by atoms with van der Waals surface area (Å²) in [5.41, 5.74) is 1.74. The molecule has 2 N–H and O–H groups in total. The van der Waals surface area contributed by atoms with Crippen LogP contribution in [0.3, 0.4) is 0 Å². The van der Waals surface area contributed by atoms with E-state index in [4.69, 9.17) is 0 Å². The number of anilines is 2. The largest absolute Gasteiger partial charge is 0.352 e. The van der Waals surface area contributed by atoms with Gasteiger partial charge in [-0.25, -0.2) is 8.78 Å². The van der Waals surface area contributed by atoms with Crippen molar-refractivity contribution < 1.29 is 23.2 Å². The van der Waals surface area contributed by atoms with E-state index in [-0.39, 0.29) is 24.6 Å². The molecule has 0 radical (unpaired) electrons. The van der Waals surface area contributed by atoms with Gasteiger partial charge in [-0.3, -0.25) is 14.4 Å². The van der Waals surface area contributed by atoms with E-state index in [0.29, 0.717) is 29.3 Å². The first-order chi connectivity index (χ1) is 14.7. The van der Waals surface area contributed by atoms with Gasteiger partial charge in [-0.05, 0) is 55.2 Å². The minimum absolute atomic E-state index is 0.0887. The highest BCUT2D eigenvalue weighted by Gasteiger charge is 2.38. The molecule has 8 heteroatoms. The highest BCUT2D eigenvalue weighted by atomic mass is 19.1. The second-order valence-corrected chi connectivity index (χ2v) is 8.08. The molecular formula is C23H25F2N3O3. The van der Waals surface area contributed by atoms with E-state index in [2.05, 4.69) is 10.6 Å². The van der Waals surface area contributed by atoms with Crippen molar-refractivity contribution in [2.24, 2.45) is 11.8 Å². The summed E-state index contributed by atoms with van der Waals surface area (Å²) in [4.78, 5) is 38.8. The Balaban J connectivity index is 1.67. The molecule has 6 nitrogen and oxygen atoms in total. The van der Waals surface area contributed by atoms with Gasteiger partial charge in [-0.1, -0.05) is 13.8 Å². The molecule has 1 heterocycles. The van der Waals surface area contributed by atoms with Crippen molar-refractivity contribution in [1.29, 1.82) is 0 Å². The van der Waals surface area contributed by atoms with Crippen LogP contribution >= 0.6 is 0 Å². The monoisotopic (exact) mass is 429 g/mol. The number of rotatable bonds is 6. The number of carbonyl (C=O) groups excluding carboxylic acids is 3. The van der Waals surface area contributed by atoms with Gasteiger partial charge in [-0.2, -0.15) is 0 Å². The quantitative estimate of drug-likeness (QED) is 0.688. The maximum atomic E-state index is 13.5. The van der Waals surface area contributed by atoms with Crippen LogP contribution in [0.5, 0.6) is 0 Å². The molecule has 31 heavy (non-hydrogen) atoms. The van der Waals surface area contributed by atoms with Crippen LogP contribution in [0, 0.1) is 30.4 Å². The number of amides is 3. The Kier molecular flexibility index (Phi) is 6.68. The molecule has 0 aromatic heterocycles. The van der Waals surface area contributed by atoms with E-state index in [9.17, 15) is 23.2 Å². The second-order valence-electron chi connectivity index (χ2n) is 8.08. The van der Waals surface area contributed by atoms with Crippen LogP contribution in [0.2, 0.25) is 0 Å². The third-order valence-electron chi connectivity index (χ3n) is 5.10. The third-order valence-corrected chi connectivity index (χ3v) is 5.10. The zero-order chi connectivity index (χ0) is 22.7. The highest BCUT2D eigenvalue weighted by molar-refractivity contribution is 6.13. The van der Waals surface area contributed by atoms with Crippen LogP contribution in [0.25, 0.3) is 0 Å². The maximum Gasteiger partial charge on any atom is 0.251 e. The first-order valence-electron chi connectivity index (χ1n) is 10.1. The molecule has 1 fully saturated rings. The van der Waals surface area contributed by atoms with E-state index >= 15 is 0 Å². The van der Waals surface area contributed by atoms with Gasteiger partial charge >= 0.3 is 0 Å². The zero-order valence-corrected chi connectivity index (χ0v) is 17.7. The molecule has 2 aromatic rings. The average Bonchev–Trinajstić information content (AvgIpc) is 3.08. The summed E-state index contributed by atoms with van der Waals surface area (Å²) in [5.74, 6) is -3.41. The maximum absolute atomic E-state index is 13.5. The van der Waals surface area contributed by atoms with E-state index in [1.165, 1.54) is 4.90 Å². The first-order valence-corrected chi connectivity index (χ1v) is 10.1. The van der Waals surface area contributed by atoms with Crippen LogP contribution in [-0.2, 0) is 9.59 Å². The molecule has 2 aromatic carbocycles. The van der Waals surface area contributed by atoms with Crippen LogP contribution in [0.1, 0.15) is 36.2 Å². The van der Waals surface area contributed by atoms with E-state index in [1.54, 1.807) is 25.1 Å². The lowest BCUT2D eigenvalue weighted by atomic mass is 10.1. The summed E-state index contributed by atoms with van der Waals surface area (Å²) in [6, 6.07) is 7.75. The standard InChI is InChI=1S/C23H25F2N3O3/c1-13(2)12-26-21(29)15-4-5-20(14(3)8-15)27-22(30)19-6-7-28(23(19)31)18-10-16(24)9-17(25)11-18/h4-5,8-11,13,19H,6-7,12H2,1-3H3,(H,26,29)(H,27,30). The molecule has 0 aliphatic carbocycles. The fourth-order valence-corrected chi connectivity index (χ4v) is 3.44. The van der Waals surface area contributed by atoms with E-state index in [0.717, 1.165) is 18.2 Å². The Labute approximate surface area is 179 Å². The van der Waals surface area contributed by atoms with Crippen LogP contribution in [0.4, 0.5) is 20.2 Å². The van der Waals surface area contributed by atoms with Gasteiger partial charge in [0.25, 0.3) is 5.91 Å². The summed E-state index contributed by atoms with van der Waals surface area (Å²) in [6.45, 7) is 6.51. The Morgan fingerprint density at radius 3 is 2.42 bits per heavy atom. The van der Waals surface area contributed by atoms with Crippen LogP contribution < -0.4 is 15.5 Å². The molecular weight excluding hydrogens is 404 g/mol. The molecule has 3 rings (SSSR count). The summed E-state index contributed by atoms with van der Waals surface area (Å²) >= 11 is 0. The van der Waals surface area contributed by atoms with Crippen molar-refractivity contribution in [3.8, 4) is 0 Å². The minimum atomic E-state index is -0.959. The predicted octanol–water partition coefficient (Wildman–Crippen LogP) is 3.65. The number of hydrogen-bond acceptors (Lipinski definition) is 3. The summed E-state index contributed by atoms with van der Waals surface area (Å²) in [5, 5.41) is 5.56. The van der Waals surface area contributed by atoms with Gasteiger partial charge < -0.3 is 15.5 Å². The number of nitrogens with zero attached hydrogens (tertiary/aromatic N) is 1. The van der Waals surface area contributed by atoms with Crippen LogP contribution in [0.15, 0.2) is 36.4 Å². The molecule has 0 bridgehead atoms. The number of hydrogen-bond donors (Lipinski definition) is 2. The number of carbonyl (C=O) groups is 3. The SMILES string of the molecule is Cc1cc(C(=O)NCC(C)C)ccc1NC(=O)C1CCN(c2cc(F)cc(F)c2)C1=O. The average molecular weight is 429 g/mol. The smallest absolute Gasteiger partial charge is 0.251 e. The third kappa shape index (κ3) is 5.25. The normalized spacial score (nSPS) is 16.0. The van der Waals surface area contributed by atoms with Crippen molar-refractivity contribution in [2.75, 3.05) is 23.3 Å². The molecule has 0 saturated carbocycles. The van der Waals surface area contributed by atoms with Gasteiger partial charge in [0.05, 0.1) is 0 Å². The minimum Gasteiger partial charge on any atom is -0.352 e. The summed E-state index contributed by atoms with van der Waals surface area (Å²) in [6.07, 6.45) is 0.234. The fourth-order valence-electron chi connectivity index (χ4n) is 3.44. The van der Waals surface area contributed by atoms with Crippen molar-refractivity contribution in [1.82, 2.24) is 5.32 Å². The highest BCUT2D eigenvalue weighted by Crippen LogP contribution is 2.28. The molecule has 164 valence electrons. The van der Waals surface area contributed by atoms with Crippen molar-refractivity contribution in [3.05, 3.63) is 59.2 Å².